The molecule has 0 saturated carbocycles. The van der Waals surface area contributed by atoms with Gasteiger partial charge in [-0.25, -0.2) is 0 Å². The maximum absolute atomic E-state index is 11.9. The molecule has 0 bridgehead atoms. The van der Waals surface area contributed by atoms with E-state index in [2.05, 4.69) is 0 Å². The van der Waals surface area contributed by atoms with E-state index in [4.69, 9.17) is 5.11 Å². The smallest absolute Gasteiger partial charge is 0.304 e. The Morgan fingerprint density at radius 3 is 2.29 bits per heavy atom. The van der Waals surface area contributed by atoms with Crippen LogP contribution in [0.3, 0.4) is 0 Å². The maximum Gasteiger partial charge on any atom is 0.304 e. The van der Waals surface area contributed by atoms with Gasteiger partial charge in [-0.05, 0) is 19.9 Å². The van der Waals surface area contributed by atoms with Crippen LogP contribution in [0.5, 0.6) is 0 Å². The highest BCUT2D eigenvalue weighted by Crippen LogP contribution is 2.36. The summed E-state index contributed by atoms with van der Waals surface area (Å²) in [6, 6.07) is 0. The number of allylic oxidation sites excluding steroid dienone is 4. The number of carbonyl (C=O) groups is 3. The molecule has 0 aliphatic heterocycles. The van der Waals surface area contributed by atoms with Gasteiger partial charge in [-0.1, -0.05) is 13.8 Å². The average Bonchev–Trinajstić information content (AvgIpc) is 2.11. The van der Waals surface area contributed by atoms with Crippen molar-refractivity contribution in [2.24, 2.45) is 5.41 Å². The zero-order valence-corrected chi connectivity index (χ0v) is 10.5. The van der Waals surface area contributed by atoms with Gasteiger partial charge in [0, 0.05) is 22.1 Å². The zero-order chi connectivity index (χ0) is 13.4. The van der Waals surface area contributed by atoms with Crippen LogP contribution in [0, 0.1) is 5.41 Å². The van der Waals surface area contributed by atoms with Crippen LogP contribution >= 0.6 is 0 Å². The van der Waals surface area contributed by atoms with Gasteiger partial charge >= 0.3 is 5.97 Å². The molecule has 0 fully saturated rings. The molecule has 4 nitrogen and oxygen atoms in total. The van der Waals surface area contributed by atoms with Crippen molar-refractivity contribution in [1.29, 1.82) is 0 Å². The van der Waals surface area contributed by atoms with Crippen molar-refractivity contribution >= 4 is 17.5 Å². The molecule has 1 aliphatic carbocycles. The number of rotatable bonds is 3. The van der Waals surface area contributed by atoms with Gasteiger partial charge in [-0.15, -0.1) is 0 Å². The number of ketones is 2. The summed E-state index contributed by atoms with van der Waals surface area (Å²) in [4.78, 5) is 34.5. The summed E-state index contributed by atoms with van der Waals surface area (Å²) in [6.07, 6.45) is 1.11. The lowest BCUT2D eigenvalue weighted by atomic mass is 9.73. The number of carboxylic acid groups (broad SMARTS) is 1. The molecule has 0 atom stereocenters. The van der Waals surface area contributed by atoms with Gasteiger partial charge < -0.3 is 5.11 Å². The maximum atomic E-state index is 11.9. The van der Waals surface area contributed by atoms with Gasteiger partial charge in [-0.2, -0.15) is 0 Å². The minimum Gasteiger partial charge on any atom is -0.481 e. The minimum atomic E-state index is -0.984. The Labute approximate surface area is 100 Å². The van der Waals surface area contributed by atoms with Crippen molar-refractivity contribution in [2.75, 3.05) is 0 Å². The Balaban J connectivity index is 3.25. The summed E-state index contributed by atoms with van der Waals surface area (Å²) in [5.74, 6) is -1.43. The van der Waals surface area contributed by atoms with Crippen LogP contribution in [0.1, 0.15) is 34.1 Å². The summed E-state index contributed by atoms with van der Waals surface area (Å²) < 4.78 is 0. The number of carboxylic acids is 1. The number of hydrogen-bond donors (Lipinski definition) is 1. The summed E-state index contributed by atoms with van der Waals surface area (Å²) in [7, 11) is 0. The number of aliphatic carboxylic acids is 1. The molecule has 0 spiro atoms. The van der Waals surface area contributed by atoms with Crippen LogP contribution in [0.15, 0.2) is 22.8 Å². The van der Waals surface area contributed by atoms with E-state index in [0.29, 0.717) is 16.7 Å². The van der Waals surface area contributed by atoms with Crippen molar-refractivity contribution in [3.63, 3.8) is 0 Å². The molecule has 0 aromatic carbocycles. The van der Waals surface area contributed by atoms with Crippen LogP contribution in [0.4, 0.5) is 0 Å². The van der Waals surface area contributed by atoms with Crippen molar-refractivity contribution in [2.45, 2.75) is 34.1 Å². The van der Waals surface area contributed by atoms with Crippen LogP contribution in [-0.4, -0.2) is 22.6 Å². The molecule has 4 heteroatoms. The third kappa shape index (κ3) is 2.52. The molecule has 0 aromatic heterocycles. The van der Waals surface area contributed by atoms with E-state index >= 15 is 0 Å². The molecule has 1 aliphatic rings. The summed E-state index contributed by atoms with van der Waals surface area (Å²) in [6.45, 7) is 6.50. The predicted molar refractivity (Wildman–Crippen MR) is 62.5 cm³/mol. The van der Waals surface area contributed by atoms with Crippen LogP contribution in [-0.2, 0) is 14.4 Å². The lowest BCUT2D eigenvalue weighted by molar-refractivity contribution is -0.138. The van der Waals surface area contributed by atoms with Gasteiger partial charge in [0.25, 0.3) is 0 Å². The third-order valence-corrected chi connectivity index (χ3v) is 2.94. The quantitative estimate of drug-likeness (QED) is 0.760. The Kier molecular flexibility index (Phi) is 3.36. The second kappa shape index (κ2) is 4.28. The fourth-order valence-corrected chi connectivity index (χ4v) is 2.24. The first-order valence-electron chi connectivity index (χ1n) is 5.37. The van der Waals surface area contributed by atoms with Gasteiger partial charge in [0.15, 0.2) is 11.6 Å². The SMILES string of the molecule is CC1=CC(=O)C(C(C)(C)CC(=O)O)=C(C)C1=O. The normalized spacial score (nSPS) is 17.3. The molecule has 0 aromatic rings. The number of hydrogen-bond acceptors (Lipinski definition) is 3. The molecule has 0 unspecified atom stereocenters. The fraction of sp³-hybridized carbons (Fsp3) is 0.462. The van der Waals surface area contributed by atoms with Gasteiger partial charge in [0.1, 0.15) is 0 Å². The number of Topliss-reactive ketones (excluding diaryl/α,β-unsaturated/α-hetero) is 1. The summed E-state index contributed by atoms with van der Waals surface area (Å²) in [5, 5.41) is 8.84. The van der Waals surface area contributed by atoms with Crippen LogP contribution < -0.4 is 0 Å². The van der Waals surface area contributed by atoms with Gasteiger partial charge in [-0.3, -0.25) is 14.4 Å². The number of carbonyl (C=O) groups excluding carboxylic acids is 2. The van der Waals surface area contributed by atoms with Gasteiger partial charge in [0.05, 0.1) is 6.42 Å². The second-order valence-electron chi connectivity index (χ2n) is 4.98. The lowest BCUT2D eigenvalue weighted by Gasteiger charge is -2.28. The molecule has 0 saturated heterocycles. The monoisotopic (exact) mass is 236 g/mol. The Morgan fingerprint density at radius 2 is 1.82 bits per heavy atom. The zero-order valence-electron chi connectivity index (χ0n) is 10.5. The fourth-order valence-electron chi connectivity index (χ4n) is 2.24. The van der Waals surface area contributed by atoms with E-state index in [-0.39, 0.29) is 18.0 Å². The molecule has 92 valence electrons. The van der Waals surface area contributed by atoms with E-state index in [1.165, 1.54) is 6.08 Å². The van der Waals surface area contributed by atoms with Crippen molar-refractivity contribution in [1.82, 2.24) is 0 Å². The molecule has 0 radical (unpaired) electrons. The highest BCUT2D eigenvalue weighted by atomic mass is 16.4. The third-order valence-electron chi connectivity index (χ3n) is 2.94. The highest BCUT2D eigenvalue weighted by molar-refractivity contribution is 6.22. The lowest BCUT2D eigenvalue weighted by Crippen LogP contribution is -2.29. The summed E-state index contributed by atoms with van der Waals surface area (Å²) >= 11 is 0. The van der Waals surface area contributed by atoms with Crippen molar-refractivity contribution < 1.29 is 19.5 Å². The average molecular weight is 236 g/mol. The molecule has 0 heterocycles. The first-order valence-corrected chi connectivity index (χ1v) is 5.37. The Hall–Kier alpha value is -1.71. The van der Waals surface area contributed by atoms with E-state index in [0.717, 1.165) is 0 Å². The van der Waals surface area contributed by atoms with E-state index in [1.54, 1.807) is 27.7 Å². The molecule has 1 rings (SSSR count). The molecule has 17 heavy (non-hydrogen) atoms. The van der Waals surface area contributed by atoms with Gasteiger partial charge in [0.2, 0.25) is 0 Å². The molecule has 0 amide bonds. The van der Waals surface area contributed by atoms with Crippen molar-refractivity contribution in [3.05, 3.63) is 22.8 Å². The van der Waals surface area contributed by atoms with Crippen LogP contribution in [0.25, 0.3) is 0 Å². The highest BCUT2D eigenvalue weighted by Gasteiger charge is 2.35. The molecular weight excluding hydrogens is 220 g/mol. The topological polar surface area (TPSA) is 71.4 Å². The first kappa shape index (κ1) is 13.4. The van der Waals surface area contributed by atoms with E-state index < -0.39 is 11.4 Å². The minimum absolute atomic E-state index is 0.175. The summed E-state index contributed by atoms with van der Waals surface area (Å²) in [5.41, 5.74) is 0.249. The first-order chi connectivity index (χ1) is 7.66. The second-order valence-corrected chi connectivity index (χ2v) is 4.98. The van der Waals surface area contributed by atoms with E-state index in [1.807, 2.05) is 0 Å². The largest absolute Gasteiger partial charge is 0.481 e. The predicted octanol–water partition coefficient (Wildman–Crippen LogP) is 1.90. The molecular formula is C13H16O4. The Morgan fingerprint density at radius 1 is 1.29 bits per heavy atom. The Bertz CT molecular complexity index is 464. The standard InChI is InChI=1S/C13H16O4/c1-7-5-9(14)11(8(2)12(7)17)13(3,4)6-10(15)16/h5H,6H2,1-4H3,(H,15,16). The van der Waals surface area contributed by atoms with Crippen molar-refractivity contribution in [3.8, 4) is 0 Å². The molecule has 1 N–H and O–H groups in total. The van der Waals surface area contributed by atoms with E-state index in [9.17, 15) is 14.4 Å². The van der Waals surface area contributed by atoms with Crippen LogP contribution in [0.2, 0.25) is 0 Å².